The van der Waals surface area contributed by atoms with E-state index in [0.29, 0.717) is 5.95 Å². The van der Waals surface area contributed by atoms with E-state index in [9.17, 15) is 4.79 Å². The quantitative estimate of drug-likeness (QED) is 0.938. The summed E-state index contributed by atoms with van der Waals surface area (Å²) in [5.41, 5.74) is 0. The van der Waals surface area contributed by atoms with Gasteiger partial charge in [0.2, 0.25) is 11.9 Å². The molecule has 1 N–H and O–H groups in total. The van der Waals surface area contributed by atoms with Crippen molar-refractivity contribution >= 4 is 39.1 Å². The number of halogens is 1. The number of aromatic nitrogens is 3. The number of rotatable bonds is 4. The van der Waals surface area contributed by atoms with Crippen LogP contribution in [0.15, 0.2) is 22.2 Å². The van der Waals surface area contributed by atoms with Crippen molar-refractivity contribution < 1.29 is 4.79 Å². The Bertz CT molecular complexity index is 551. The maximum absolute atomic E-state index is 12.0. The van der Waals surface area contributed by atoms with E-state index >= 15 is 0 Å². The molecule has 7 heteroatoms. The largest absolute Gasteiger partial charge is 0.293 e. The molecule has 2 heterocycles. The van der Waals surface area contributed by atoms with Gasteiger partial charge in [-0.05, 0) is 41.9 Å². The van der Waals surface area contributed by atoms with Crippen LogP contribution in [0.3, 0.4) is 0 Å². The van der Waals surface area contributed by atoms with Gasteiger partial charge in [0.1, 0.15) is 6.33 Å². The molecule has 0 saturated carbocycles. The molecule has 0 saturated heterocycles. The minimum absolute atomic E-state index is 0.0989. The van der Waals surface area contributed by atoms with E-state index in [4.69, 9.17) is 0 Å². The van der Waals surface area contributed by atoms with E-state index < -0.39 is 0 Å². The molecule has 0 aliphatic rings. The van der Waals surface area contributed by atoms with Crippen LogP contribution < -0.4 is 5.32 Å². The van der Waals surface area contributed by atoms with Gasteiger partial charge in [0.15, 0.2) is 0 Å². The fourth-order valence-electron chi connectivity index (χ4n) is 1.41. The fourth-order valence-corrected chi connectivity index (χ4v) is 2.89. The molecule has 0 bridgehead atoms. The van der Waals surface area contributed by atoms with Gasteiger partial charge >= 0.3 is 0 Å². The number of thiophene rings is 1. The van der Waals surface area contributed by atoms with Gasteiger partial charge < -0.3 is 0 Å². The van der Waals surface area contributed by atoms with Crippen LogP contribution in [0.4, 0.5) is 5.95 Å². The lowest BCUT2D eigenvalue weighted by molar-refractivity contribution is -0.117. The number of anilines is 1. The average Bonchev–Trinajstić information content (AvgIpc) is 2.97. The minimum atomic E-state index is -0.213. The Morgan fingerprint density at radius 2 is 2.39 bits per heavy atom. The van der Waals surface area contributed by atoms with Crippen molar-refractivity contribution in [2.24, 2.45) is 0 Å². The molecule has 0 fully saturated rings. The van der Waals surface area contributed by atoms with E-state index in [-0.39, 0.29) is 11.8 Å². The van der Waals surface area contributed by atoms with Crippen molar-refractivity contribution in [3.05, 3.63) is 27.1 Å². The number of hydrogen-bond donors (Lipinski definition) is 1. The number of hydrogen-bond acceptors (Lipinski definition) is 4. The monoisotopic (exact) mass is 328 g/mol. The Balaban J connectivity index is 2.03. The Morgan fingerprint density at radius 3 is 2.94 bits per heavy atom. The third kappa shape index (κ3) is 2.97. The van der Waals surface area contributed by atoms with Crippen molar-refractivity contribution in [3.63, 3.8) is 0 Å². The summed E-state index contributed by atoms with van der Waals surface area (Å²) in [4.78, 5) is 17.0. The van der Waals surface area contributed by atoms with Crippen molar-refractivity contribution in [3.8, 4) is 0 Å². The SMILES string of the molecule is CCn1cnc(NC(=O)C(C)c2ccc(Br)s2)n1. The number of carbonyl (C=O) groups is 1. The van der Waals surface area contributed by atoms with Crippen LogP contribution in [0.2, 0.25) is 0 Å². The van der Waals surface area contributed by atoms with Gasteiger partial charge in [0.05, 0.1) is 9.70 Å². The smallest absolute Gasteiger partial charge is 0.248 e. The zero-order chi connectivity index (χ0) is 13.1. The summed E-state index contributed by atoms with van der Waals surface area (Å²) in [6, 6.07) is 3.88. The summed E-state index contributed by atoms with van der Waals surface area (Å²) >= 11 is 4.94. The second kappa shape index (κ2) is 5.62. The van der Waals surface area contributed by atoms with E-state index in [1.165, 1.54) is 0 Å². The summed E-state index contributed by atoms with van der Waals surface area (Å²) in [6.45, 7) is 4.56. The predicted octanol–water partition coefficient (Wildman–Crippen LogP) is 2.86. The lowest BCUT2D eigenvalue weighted by Gasteiger charge is -2.07. The standard InChI is InChI=1S/C11H13BrN4OS/c1-3-16-6-13-11(15-16)14-10(17)7(2)8-4-5-9(12)18-8/h4-7H,3H2,1-2H3,(H,14,15,17). The molecule has 2 aromatic rings. The first-order chi connectivity index (χ1) is 8.60. The highest BCUT2D eigenvalue weighted by Gasteiger charge is 2.18. The van der Waals surface area contributed by atoms with Gasteiger partial charge in [-0.3, -0.25) is 14.8 Å². The van der Waals surface area contributed by atoms with E-state index in [2.05, 4.69) is 31.3 Å². The molecule has 2 rings (SSSR count). The van der Waals surface area contributed by atoms with Crippen molar-refractivity contribution in [1.29, 1.82) is 0 Å². The number of aryl methyl sites for hydroxylation is 1. The molecule has 0 aromatic carbocycles. The molecule has 1 unspecified atom stereocenters. The highest BCUT2D eigenvalue weighted by Crippen LogP contribution is 2.28. The predicted molar refractivity (Wildman–Crippen MR) is 74.8 cm³/mol. The molecular formula is C11H13BrN4OS. The summed E-state index contributed by atoms with van der Waals surface area (Å²) in [7, 11) is 0. The Morgan fingerprint density at radius 1 is 1.61 bits per heavy atom. The number of nitrogens with one attached hydrogen (secondary N) is 1. The van der Waals surface area contributed by atoms with Crippen LogP contribution in [-0.2, 0) is 11.3 Å². The highest BCUT2D eigenvalue weighted by atomic mass is 79.9. The molecule has 2 aromatic heterocycles. The molecule has 0 aliphatic heterocycles. The molecular weight excluding hydrogens is 316 g/mol. The van der Waals surface area contributed by atoms with E-state index in [0.717, 1.165) is 15.2 Å². The molecule has 1 atom stereocenters. The Labute approximate surface area is 117 Å². The van der Waals surface area contributed by atoms with Crippen LogP contribution in [0.5, 0.6) is 0 Å². The normalized spacial score (nSPS) is 12.4. The second-order valence-electron chi connectivity index (χ2n) is 3.78. The summed E-state index contributed by atoms with van der Waals surface area (Å²) in [6.07, 6.45) is 1.60. The van der Waals surface area contributed by atoms with Gasteiger partial charge in [-0.2, -0.15) is 0 Å². The van der Waals surface area contributed by atoms with E-state index in [1.807, 2.05) is 26.0 Å². The lowest BCUT2D eigenvalue weighted by atomic mass is 10.1. The Hall–Kier alpha value is -1.21. The first-order valence-corrected chi connectivity index (χ1v) is 7.16. The number of carbonyl (C=O) groups excluding carboxylic acids is 1. The van der Waals surface area contributed by atoms with Crippen LogP contribution in [0.1, 0.15) is 24.6 Å². The van der Waals surface area contributed by atoms with Gasteiger partial charge in [0.25, 0.3) is 0 Å². The van der Waals surface area contributed by atoms with Crippen molar-refractivity contribution in [1.82, 2.24) is 14.8 Å². The molecule has 1 amide bonds. The molecule has 18 heavy (non-hydrogen) atoms. The maximum atomic E-state index is 12.0. The summed E-state index contributed by atoms with van der Waals surface area (Å²) < 4.78 is 2.69. The third-order valence-corrected chi connectivity index (χ3v) is 4.32. The average molecular weight is 329 g/mol. The zero-order valence-corrected chi connectivity index (χ0v) is 12.5. The van der Waals surface area contributed by atoms with Crippen LogP contribution in [-0.4, -0.2) is 20.7 Å². The molecule has 5 nitrogen and oxygen atoms in total. The minimum Gasteiger partial charge on any atom is -0.293 e. The molecule has 0 aliphatic carbocycles. The van der Waals surface area contributed by atoms with Crippen LogP contribution >= 0.6 is 27.3 Å². The first kappa shape index (κ1) is 13.2. The second-order valence-corrected chi connectivity index (χ2v) is 6.27. The van der Waals surface area contributed by atoms with Crippen LogP contribution in [0, 0.1) is 0 Å². The summed E-state index contributed by atoms with van der Waals surface area (Å²) in [5, 5.41) is 6.83. The number of amides is 1. The maximum Gasteiger partial charge on any atom is 0.248 e. The van der Waals surface area contributed by atoms with Gasteiger partial charge in [-0.15, -0.1) is 16.4 Å². The number of nitrogens with zero attached hydrogens (tertiary/aromatic N) is 3. The topological polar surface area (TPSA) is 59.8 Å². The lowest BCUT2D eigenvalue weighted by Crippen LogP contribution is -2.19. The van der Waals surface area contributed by atoms with Gasteiger partial charge in [-0.25, -0.2) is 4.98 Å². The van der Waals surface area contributed by atoms with Crippen molar-refractivity contribution in [2.75, 3.05) is 5.32 Å². The van der Waals surface area contributed by atoms with E-state index in [1.54, 1.807) is 22.3 Å². The fraction of sp³-hybridized carbons (Fsp3) is 0.364. The van der Waals surface area contributed by atoms with Crippen LogP contribution in [0.25, 0.3) is 0 Å². The third-order valence-electron chi connectivity index (χ3n) is 2.51. The molecule has 0 spiro atoms. The molecule has 0 radical (unpaired) electrons. The zero-order valence-electron chi connectivity index (χ0n) is 10.1. The molecule has 96 valence electrons. The first-order valence-electron chi connectivity index (χ1n) is 5.55. The Kier molecular flexibility index (Phi) is 4.13. The van der Waals surface area contributed by atoms with Crippen molar-refractivity contribution in [2.45, 2.75) is 26.3 Å². The summed E-state index contributed by atoms with van der Waals surface area (Å²) in [5.74, 6) is 0.0393. The van der Waals surface area contributed by atoms with Gasteiger partial charge in [-0.1, -0.05) is 0 Å². The van der Waals surface area contributed by atoms with Gasteiger partial charge in [0, 0.05) is 11.4 Å². The highest BCUT2D eigenvalue weighted by molar-refractivity contribution is 9.11.